The maximum absolute atomic E-state index is 14.2. The first kappa shape index (κ1) is 16.8. The van der Waals surface area contributed by atoms with Crippen molar-refractivity contribution >= 4 is 33.2 Å². The zero-order valence-corrected chi connectivity index (χ0v) is 14.9. The first-order valence-electron chi connectivity index (χ1n) is 7.79. The van der Waals surface area contributed by atoms with Crippen LogP contribution in [0.1, 0.15) is 5.56 Å². The van der Waals surface area contributed by atoms with Gasteiger partial charge in [0.1, 0.15) is 10.5 Å². The molecule has 4 rings (SSSR count). The smallest absolute Gasteiger partial charge is 0.287 e. The topological polar surface area (TPSA) is 44.0 Å². The van der Waals surface area contributed by atoms with Crippen molar-refractivity contribution in [1.82, 2.24) is 9.13 Å². The summed E-state index contributed by atoms with van der Waals surface area (Å²) < 4.78 is 17.1. The Kier molecular flexibility index (Phi) is 4.22. The van der Waals surface area contributed by atoms with Crippen molar-refractivity contribution < 1.29 is 4.39 Å². The Labute approximate surface area is 156 Å². The highest BCUT2D eigenvalue weighted by molar-refractivity contribution is 7.17. The van der Waals surface area contributed by atoms with Crippen LogP contribution in [0.5, 0.6) is 0 Å². The molecular formula is C19H12ClFN2O2S. The molecule has 0 bridgehead atoms. The Bertz CT molecular complexity index is 1210. The largest absolute Gasteiger partial charge is 0.336 e. The molecule has 2 aromatic carbocycles. The summed E-state index contributed by atoms with van der Waals surface area (Å²) in [5, 5.41) is 1.97. The zero-order valence-electron chi connectivity index (χ0n) is 13.4. The van der Waals surface area contributed by atoms with Crippen LogP contribution >= 0.6 is 22.9 Å². The summed E-state index contributed by atoms with van der Waals surface area (Å²) in [4.78, 5) is 25.9. The summed E-state index contributed by atoms with van der Waals surface area (Å²) in [6.07, 6.45) is 0. The minimum absolute atomic E-state index is 0.0648. The highest BCUT2D eigenvalue weighted by atomic mass is 35.5. The Morgan fingerprint density at radius 2 is 1.77 bits per heavy atom. The molecule has 0 radical (unpaired) electrons. The van der Waals surface area contributed by atoms with Gasteiger partial charge in [-0.15, -0.1) is 11.3 Å². The number of rotatable bonds is 3. The average Bonchev–Trinajstić information content (AvgIpc) is 3.12. The molecule has 2 aromatic heterocycles. The number of hydrogen-bond acceptors (Lipinski definition) is 3. The summed E-state index contributed by atoms with van der Waals surface area (Å²) in [5.74, 6) is -0.495. The number of halogens is 2. The Hall–Kier alpha value is -2.70. The van der Waals surface area contributed by atoms with Gasteiger partial charge < -0.3 is 0 Å². The fourth-order valence-electron chi connectivity index (χ4n) is 2.89. The molecule has 26 heavy (non-hydrogen) atoms. The van der Waals surface area contributed by atoms with E-state index in [0.29, 0.717) is 15.9 Å². The normalized spacial score (nSPS) is 11.2. The number of thiophene rings is 1. The second-order valence-corrected chi connectivity index (χ2v) is 7.00. The van der Waals surface area contributed by atoms with Crippen molar-refractivity contribution in [3.05, 3.63) is 97.2 Å². The van der Waals surface area contributed by atoms with Crippen LogP contribution in [0, 0.1) is 5.82 Å². The first-order chi connectivity index (χ1) is 12.6. The lowest BCUT2D eigenvalue weighted by molar-refractivity contribution is 0.594. The van der Waals surface area contributed by atoms with Crippen molar-refractivity contribution in [2.45, 2.75) is 6.54 Å². The van der Waals surface area contributed by atoms with Gasteiger partial charge in [-0.1, -0.05) is 35.9 Å². The predicted octanol–water partition coefficient (Wildman–Crippen LogP) is 4.05. The van der Waals surface area contributed by atoms with Crippen molar-refractivity contribution in [2.24, 2.45) is 0 Å². The number of fused-ring (bicyclic) bond motifs is 1. The van der Waals surface area contributed by atoms with Gasteiger partial charge in [0, 0.05) is 10.6 Å². The fraction of sp³-hybridized carbons (Fsp3) is 0.0526. The fourth-order valence-corrected chi connectivity index (χ4v) is 3.93. The Morgan fingerprint density at radius 1 is 1.00 bits per heavy atom. The molecule has 4 aromatic rings. The van der Waals surface area contributed by atoms with Gasteiger partial charge >= 0.3 is 5.69 Å². The van der Waals surface area contributed by atoms with Crippen LogP contribution in [-0.4, -0.2) is 9.13 Å². The van der Waals surface area contributed by atoms with Crippen LogP contribution in [0.4, 0.5) is 4.39 Å². The molecule has 0 spiro atoms. The lowest BCUT2D eigenvalue weighted by atomic mass is 10.2. The number of nitrogens with zero attached hydrogens (tertiary/aromatic N) is 2. The molecule has 130 valence electrons. The van der Waals surface area contributed by atoms with Gasteiger partial charge in [-0.25, -0.2) is 13.8 Å². The molecule has 0 amide bonds. The highest BCUT2D eigenvalue weighted by Gasteiger charge is 2.17. The van der Waals surface area contributed by atoms with Crippen LogP contribution in [0.15, 0.2) is 69.6 Å². The third kappa shape index (κ3) is 2.67. The summed E-state index contributed by atoms with van der Waals surface area (Å²) in [5.41, 5.74) is 0.221. The number of para-hydroxylation sites is 1. The van der Waals surface area contributed by atoms with E-state index in [1.165, 1.54) is 28.0 Å². The maximum Gasteiger partial charge on any atom is 0.336 e. The molecule has 4 nitrogen and oxygen atoms in total. The van der Waals surface area contributed by atoms with Crippen molar-refractivity contribution in [3.8, 4) is 5.69 Å². The van der Waals surface area contributed by atoms with E-state index in [9.17, 15) is 14.0 Å². The summed E-state index contributed by atoms with van der Waals surface area (Å²) in [6, 6.07) is 14.7. The van der Waals surface area contributed by atoms with E-state index in [1.807, 2.05) is 0 Å². The van der Waals surface area contributed by atoms with Gasteiger partial charge in [0.25, 0.3) is 5.56 Å². The van der Waals surface area contributed by atoms with Crippen LogP contribution in [-0.2, 0) is 6.54 Å². The molecular weight excluding hydrogens is 375 g/mol. The molecule has 0 saturated carbocycles. The third-order valence-electron chi connectivity index (χ3n) is 4.15. The molecule has 0 fully saturated rings. The lowest BCUT2D eigenvalue weighted by Gasteiger charge is -2.13. The van der Waals surface area contributed by atoms with E-state index in [1.54, 1.807) is 47.8 Å². The van der Waals surface area contributed by atoms with E-state index in [2.05, 4.69) is 0 Å². The summed E-state index contributed by atoms with van der Waals surface area (Å²) in [7, 11) is 0. The predicted molar refractivity (Wildman–Crippen MR) is 102 cm³/mol. The standard InChI is InChI=1S/C19H12ClFN2O2S/c20-14-7-4-8-15(21)13(14)11-22-16-9-10-26-17(16)18(24)23(19(22)25)12-5-2-1-3-6-12/h1-10H,11H2. The lowest BCUT2D eigenvalue weighted by Crippen LogP contribution is -2.38. The van der Waals surface area contributed by atoms with Crippen LogP contribution < -0.4 is 11.2 Å². The number of benzene rings is 2. The SMILES string of the molecule is O=c1c2sccc2n(Cc2c(F)cccc2Cl)c(=O)n1-c1ccccc1. The Balaban J connectivity index is 2.03. The first-order valence-corrected chi connectivity index (χ1v) is 9.05. The van der Waals surface area contributed by atoms with Crippen LogP contribution in [0.2, 0.25) is 5.02 Å². The maximum atomic E-state index is 14.2. The number of aromatic nitrogens is 2. The molecule has 0 aliphatic heterocycles. The second-order valence-electron chi connectivity index (χ2n) is 5.68. The van der Waals surface area contributed by atoms with E-state index in [-0.39, 0.29) is 22.7 Å². The molecule has 7 heteroatoms. The van der Waals surface area contributed by atoms with Crippen LogP contribution in [0.3, 0.4) is 0 Å². The van der Waals surface area contributed by atoms with Gasteiger partial charge in [0.15, 0.2) is 0 Å². The van der Waals surface area contributed by atoms with E-state index < -0.39 is 11.5 Å². The minimum Gasteiger partial charge on any atom is -0.287 e. The second kappa shape index (κ2) is 6.55. The van der Waals surface area contributed by atoms with Crippen molar-refractivity contribution in [1.29, 1.82) is 0 Å². The van der Waals surface area contributed by atoms with Gasteiger partial charge in [-0.05, 0) is 35.7 Å². The minimum atomic E-state index is -0.536. The molecule has 0 aliphatic carbocycles. The molecule has 0 N–H and O–H groups in total. The highest BCUT2D eigenvalue weighted by Crippen LogP contribution is 2.22. The molecule has 0 saturated heterocycles. The summed E-state index contributed by atoms with van der Waals surface area (Å²) in [6.45, 7) is -0.0648. The Morgan fingerprint density at radius 3 is 2.50 bits per heavy atom. The number of hydrogen-bond donors (Lipinski definition) is 0. The zero-order chi connectivity index (χ0) is 18.3. The molecule has 0 unspecified atom stereocenters. The van der Waals surface area contributed by atoms with Crippen molar-refractivity contribution in [2.75, 3.05) is 0 Å². The van der Waals surface area contributed by atoms with Crippen LogP contribution in [0.25, 0.3) is 15.9 Å². The third-order valence-corrected chi connectivity index (χ3v) is 5.39. The summed E-state index contributed by atoms with van der Waals surface area (Å²) >= 11 is 7.37. The monoisotopic (exact) mass is 386 g/mol. The average molecular weight is 387 g/mol. The van der Waals surface area contributed by atoms with Gasteiger partial charge in [0.2, 0.25) is 0 Å². The van der Waals surface area contributed by atoms with Gasteiger partial charge in [-0.2, -0.15) is 0 Å². The molecule has 0 aliphatic rings. The molecule has 2 heterocycles. The van der Waals surface area contributed by atoms with E-state index >= 15 is 0 Å². The van der Waals surface area contributed by atoms with Gasteiger partial charge in [0.05, 0.1) is 17.7 Å². The quantitative estimate of drug-likeness (QED) is 0.533. The van der Waals surface area contributed by atoms with E-state index in [0.717, 1.165) is 4.57 Å². The van der Waals surface area contributed by atoms with Gasteiger partial charge in [-0.3, -0.25) is 9.36 Å². The van der Waals surface area contributed by atoms with E-state index in [4.69, 9.17) is 11.6 Å². The molecule has 0 atom stereocenters. The van der Waals surface area contributed by atoms with Crippen molar-refractivity contribution in [3.63, 3.8) is 0 Å².